The Kier molecular flexibility index (Phi) is 6.38. The third-order valence-electron chi connectivity index (χ3n) is 5.73. The van der Waals surface area contributed by atoms with Gasteiger partial charge in [0, 0.05) is 13.1 Å². The molecule has 5 nitrogen and oxygen atoms in total. The van der Waals surface area contributed by atoms with Gasteiger partial charge in [-0.15, -0.1) is 0 Å². The van der Waals surface area contributed by atoms with Crippen molar-refractivity contribution in [3.63, 3.8) is 0 Å². The minimum Gasteiger partial charge on any atom is -0.360 e. The number of allylic oxidation sites excluding steroid dienone is 2. The fraction of sp³-hybridized carbons (Fsp3) is 0.231. The second-order valence-electron chi connectivity index (χ2n) is 8.05. The van der Waals surface area contributed by atoms with Crippen molar-refractivity contribution in [2.45, 2.75) is 26.3 Å². The molecule has 1 aliphatic heterocycles. The van der Waals surface area contributed by atoms with E-state index in [0.717, 1.165) is 18.9 Å². The molecule has 1 N–H and O–H groups in total. The average molecular weight is 465 g/mol. The highest BCUT2D eigenvalue weighted by Crippen LogP contribution is 2.24. The van der Waals surface area contributed by atoms with Crippen LogP contribution in [0.4, 0.5) is 4.39 Å². The van der Waals surface area contributed by atoms with Gasteiger partial charge in [0.05, 0.1) is 27.2 Å². The molecule has 1 aliphatic rings. The molecule has 1 atom stereocenters. The van der Waals surface area contributed by atoms with Crippen molar-refractivity contribution in [1.82, 2.24) is 19.8 Å². The van der Waals surface area contributed by atoms with Crippen LogP contribution in [-0.4, -0.2) is 33.1 Å². The molecule has 0 amide bonds. The Bertz CT molecular complexity index is 1340. The van der Waals surface area contributed by atoms with Gasteiger partial charge in [0.25, 0.3) is 5.56 Å². The Hall–Kier alpha value is -3.38. The maximum atomic E-state index is 13.9. The average Bonchev–Trinajstić information content (AvgIpc) is 2.80. The van der Waals surface area contributed by atoms with E-state index >= 15 is 0 Å². The number of dihydropyridines is 1. The van der Waals surface area contributed by atoms with Crippen molar-refractivity contribution in [3.05, 3.63) is 99.6 Å². The Balaban J connectivity index is 1.83. The first-order chi connectivity index (χ1) is 15.8. The molecule has 33 heavy (non-hydrogen) atoms. The van der Waals surface area contributed by atoms with Gasteiger partial charge in [-0.3, -0.25) is 9.36 Å². The van der Waals surface area contributed by atoms with Crippen LogP contribution in [0.15, 0.2) is 77.4 Å². The molecule has 0 saturated carbocycles. The summed E-state index contributed by atoms with van der Waals surface area (Å²) in [6.45, 7) is 8.05. The lowest BCUT2D eigenvalue weighted by molar-refractivity contribution is 0.331. The molecule has 1 unspecified atom stereocenters. The van der Waals surface area contributed by atoms with Crippen LogP contribution in [0.3, 0.4) is 0 Å². The third kappa shape index (κ3) is 4.57. The highest BCUT2D eigenvalue weighted by atomic mass is 35.5. The van der Waals surface area contributed by atoms with Crippen LogP contribution in [-0.2, 0) is 0 Å². The lowest BCUT2D eigenvalue weighted by Crippen LogP contribution is -2.45. The van der Waals surface area contributed by atoms with E-state index in [0.29, 0.717) is 22.1 Å². The molecule has 2 aromatic carbocycles. The molecule has 2 heterocycles. The molecule has 0 bridgehead atoms. The largest absolute Gasteiger partial charge is 0.360 e. The van der Waals surface area contributed by atoms with E-state index in [1.165, 1.54) is 22.8 Å². The molecule has 0 spiro atoms. The molecule has 0 aliphatic carbocycles. The molecular formula is C26H26ClFN4O. The number of benzene rings is 2. The van der Waals surface area contributed by atoms with Crippen LogP contribution in [0.5, 0.6) is 0 Å². The summed E-state index contributed by atoms with van der Waals surface area (Å²) in [5.41, 5.74) is 0.0372. The highest BCUT2D eigenvalue weighted by Gasteiger charge is 2.23. The van der Waals surface area contributed by atoms with E-state index in [4.69, 9.17) is 11.6 Å². The Morgan fingerprint density at radius 3 is 2.70 bits per heavy atom. The van der Waals surface area contributed by atoms with Crippen molar-refractivity contribution in [1.29, 1.82) is 0 Å². The van der Waals surface area contributed by atoms with E-state index in [-0.39, 0.29) is 10.9 Å². The lowest BCUT2D eigenvalue weighted by Gasteiger charge is -2.35. The predicted molar refractivity (Wildman–Crippen MR) is 133 cm³/mol. The summed E-state index contributed by atoms with van der Waals surface area (Å²) < 4.78 is 15.3. The highest BCUT2D eigenvalue weighted by molar-refractivity contribution is 6.32. The zero-order valence-corrected chi connectivity index (χ0v) is 19.6. The van der Waals surface area contributed by atoms with Gasteiger partial charge in [-0.25, -0.2) is 9.37 Å². The minimum atomic E-state index is -0.493. The fourth-order valence-electron chi connectivity index (χ4n) is 3.94. The number of fused-ring (bicyclic) bond motifs is 1. The van der Waals surface area contributed by atoms with Crippen molar-refractivity contribution < 1.29 is 4.39 Å². The van der Waals surface area contributed by atoms with Gasteiger partial charge in [0.2, 0.25) is 0 Å². The summed E-state index contributed by atoms with van der Waals surface area (Å²) in [7, 11) is 0. The number of halogens is 2. The van der Waals surface area contributed by atoms with Crippen LogP contribution < -0.4 is 10.9 Å². The van der Waals surface area contributed by atoms with Crippen LogP contribution in [0.1, 0.15) is 26.6 Å². The summed E-state index contributed by atoms with van der Waals surface area (Å²) in [4.78, 5) is 20.3. The normalized spacial score (nSPS) is 17.9. The zero-order valence-electron chi connectivity index (χ0n) is 18.8. The molecule has 0 fully saturated rings. The number of nitrogens with one attached hydrogen (secondary N) is 1. The van der Waals surface area contributed by atoms with Crippen molar-refractivity contribution in [2.75, 3.05) is 13.1 Å². The van der Waals surface area contributed by atoms with Crippen molar-refractivity contribution in [2.24, 2.45) is 0 Å². The second-order valence-corrected chi connectivity index (χ2v) is 8.45. The molecule has 1 aromatic heterocycles. The minimum absolute atomic E-state index is 0.195. The SMILES string of the molecule is CCN(CC)C1=CC=CC(C)(C=Cc2nc3ccc(F)cc3c(=O)n2-c2ccccc2Cl)N1. The van der Waals surface area contributed by atoms with Crippen molar-refractivity contribution >= 4 is 28.6 Å². The number of hydrogen-bond acceptors (Lipinski definition) is 4. The summed E-state index contributed by atoms with van der Waals surface area (Å²) >= 11 is 6.43. The lowest BCUT2D eigenvalue weighted by atomic mass is 9.98. The van der Waals surface area contributed by atoms with Crippen LogP contribution in [0.25, 0.3) is 22.7 Å². The molecule has 0 saturated heterocycles. The molecular weight excluding hydrogens is 439 g/mol. The fourth-order valence-corrected chi connectivity index (χ4v) is 4.16. The van der Waals surface area contributed by atoms with Gasteiger partial charge in [0.1, 0.15) is 17.5 Å². The van der Waals surface area contributed by atoms with Crippen LogP contribution in [0.2, 0.25) is 5.02 Å². The standard InChI is InChI=1S/C26H26ClFN4O/c1-4-31(5-2)24-11-8-15-26(3,30-24)16-14-23-29-21-13-12-18(28)17-19(21)25(33)32(23)22-10-7-6-9-20(22)27/h6-17,30H,4-5H2,1-3H3. The number of rotatable bonds is 6. The van der Waals surface area contributed by atoms with Crippen molar-refractivity contribution in [3.8, 4) is 5.69 Å². The predicted octanol–water partition coefficient (Wildman–Crippen LogP) is 5.29. The maximum Gasteiger partial charge on any atom is 0.266 e. The van der Waals surface area contributed by atoms with Gasteiger partial charge in [-0.05, 0) is 63.3 Å². The van der Waals surface area contributed by atoms with Gasteiger partial charge in [-0.2, -0.15) is 0 Å². The molecule has 0 radical (unpaired) electrons. The Morgan fingerprint density at radius 1 is 1.21 bits per heavy atom. The van der Waals surface area contributed by atoms with E-state index in [1.807, 2.05) is 31.2 Å². The monoisotopic (exact) mass is 464 g/mol. The number of hydrogen-bond donors (Lipinski definition) is 1. The summed E-state index contributed by atoms with van der Waals surface area (Å²) in [6.07, 6.45) is 9.88. The summed E-state index contributed by atoms with van der Waals surface area (Å²) in [5, 5.41) is 4.15. The molecule has 170 valence electrons. The summed E-state index contributed by atoms with van der Waals surface area (Å²) in [6, 6.07) is 11.1. The third-order valence-corrected chi connectivity index (χ3v) is 6.05. The van der Waals surface area contributed by atoms with E-state index < -0.39 is 11.4 Å². The van der Waals surface area contributed by atoms with Gasteiger partial charge < -0.3 is 10.2 Å². The first kappa shape index (κ1) is 22.8. The Labute approximate surface area is 197 Å². The quantitative estimate of drug-likeness (QED) is 0.538. The molecule has 4 rings (SSSR count). The number of para-hydroxylation sites is 1. The smallest absolute Gasteiger partial charge is 0.266 e. The molecule has 7 heteroatoms. The van der Waals surface area contributed by atoms with E-state index in [1.54, 1.807) is 30.3 Å². The first-order valence-electron chi connectivity index (χ1n) is 10.9. The first-order valence-corrected chi connectivity index (χ1v) is 11.3. The summed E-state index contributed by atoms with van der Waals surface area (Å²) in [5.74, 6) is 0.942. The Morgan fingerprint density at radius 2 is 1.97 bits per heavy atom. The van der Waals surface area contributed by atoms with Gasteiger partial charge in [0.15, 0.2) is 0 Å². The van der Waals surface area contributed by atoms with E-state index in [2.05, 4.69) is 29.0 Å². The van der Waals surface area contributed by atoms with Gasteiger partial charge in [-0.1, -0.05) is 42.0 Å². The molecule has 3 aromatic rings. The van der Waals surface area contributed by atoms with Crippen LogP contribution in [0, 0.1) is 5.82 Å². The number of aromatic nitrogens is 2. The van der Waals surface area contributed by atoms with Gasteiger partial charge >= 0.3 is 0 Å². The second kappa shape index (κ2) is 9.24. The zero-order chi connectivity index (χ0) is 23.6. The van der Waals surface area contributed by atoms with Crippen LogP contribution >= 0.6 is 11.6 Å². The number of nitrogens with zero attached hydrogens (tertiary/aromatic N) is 3. The topological polar surface area (TPSA) is 50.2 Å². The van der Waals surface area contributed by atoms with E-state index in [9.17, 15) is 9.18 Å². The maximum absolute atomic E-state index is 13.9.